The molecule has 0 amide bonds. The molecule has 2 aromatic rings. The highest BCUT2D eigenvalue weighted by Gasteiger charge is 2.25. The second-order valence-electron chi connectivity index (χ2n) is 4.02. The molecular formula is C10H8BrF2N3O4S2. The van der Waals surface area contributed by atoms with E-state index in [1.165, 1.54) is 6.92 Å². The first kappa shape index (κ1) is 16.8. The molecule has 2 rings (SSSR count). The minimum atomic E-state index is -4.13. The number of aromatic nitrogens is 2. The largest absolute Gasteiger partial charge is 0.477 e. The van der Waals surface area contributed by atoms with E-state index in [0.29, 0.717) is 16.0 Å². The van der Waals surface area contributed by atoms with Crippen molar-refractivity contribution in [3.05, 3.63) is 27.3 Å². The van der Waals surface area contributed by atoms with E-state index in [4.69, 9.17) is 5.11 Å². The van der Waals surface area contributed by atoms with E-state index >= 15 is 0 Å². The van der Waals surface area contributed by atoms with Crippen LogP contribution in [0.4, 0.5) is 14.5 Å². The molecule has 22 heavy (non-hydrogen) atoms. The summed E-state index contributed by atoms with van der Waals surface area (Å²) in [5, 5.41) is 12.3. The van der Waals surface area contributed by atoms with E-state index in [9.17, 15) is 22.0 Å². The summed E-state index contributed by atoms with van der Waals surface area (Å²) in [5.41, 5.74) is -0.179. The Labute approximate surface area is 135 Å². The Kier molecular flexibility index (Phi) is 4.54. The van der Waals surface area contributed by atoms with Crippen molar-refractivity contribution in [1.29, 1.82) is 0 Å². The lowest BCUT2D eigenvalue weighted by molar-refractivity contribution is 0.0545. The highest BCUT2D eigenvalue weighted by molar-refractivity contribution is 9.10. The van der Waals surface area contributed by atoms with Gasteiger partial charge in [0.15, 0.2) is 4.21 Å². The maximum atomic E-state index is 12.6. The maximum Gasteiger partial charge on any atom is 0.345 e. The van der Waals surface area contributed by atoms with Crippen LogP contribution in [-0.2, 0) is 10.0 Å². The van der Waals surface area contributed by atoms with Gasteiger partial charge in [-0.05, 0) is 28.9 Å². The number of sulfonamides is 1. The van der Waals surface area contributed by atoms with Crippen LogP contribution in [0.5, 0.6) is 0 Å². The van der Waals surface area contributed by atoms with E-state index in [-0.39, 0.29) is 24.9 Å². The second-order valence-corrected chi connectivity index (χ2v) is 7.81. The molecule has 12 heteroatoms. The fourth-order valence-electron chi connectivity index (χ4n) is 1.55. The standard InChI is InChI=1S/C10H8BrF2N3O4S2/c1-4-6(3-14-16(4)10(12)13)15-22(19,20)9-5(11)2-7(21-9)8(17)18/h2-3,10,15H,1H3,(H,17,18). The van der Waals surface area contributed by atoms with Gasteiger partial charge in [-0.2, -0.15) is 13.9 Å². The van der Waals surface area contributed by atoms with Crippen LogP contribution in [0.25, 0.3) is 0 Å². The average Bonchev–Trinajstić information content (AvgIpc) is 2.94. The van der Waals surface area contributed by atoms with Crippen molar-refractivity contribution in [2.75, 3.05) is 4.72 Å². The van der Waals surface area contributed by atoms with Gasteiger partial charge >= 0.3 is 12.5 Å². The number of alkyl halides is 2. The van der Waals surface area contributed by atoms with Crippen molar-refractivity contribution in [2.45, 2.75) is 17.7 Å². The minimum absolute atomic E-state index is 0.0651. The van der Waals surface area contributed by atoms with Crippen LogP contribution in [0.3, 0.4) is 0 Å². The molecule has 0 atom stereocenters. The SMILES string of the molecule is Cc1c(NS(=O)(=O)c2sc(C(=O)O)cc2Br)cnn1C(F)F. The molecule has 2 aromatic heterocycles. The molecule has 7 nitrogen and oxygen atoms in total. The van der Waals surface area contributed by atoms with Crippen molar-refractivity contribution in [2.24, 2.45) is 0 Å². The van der Waals surface area contributed by atoms with Gasteiger partial charge in [0.2, 0.25) is 0 Å². The second kappa shape index (κ2) is 5.93. The summed E-state index contributed by atoms with van der Waals surface area (Å²) >= 11 is 3.51. The predicted octanol–water partition coefficient (Wildman–Crippen LogP) is 2.91. The molecule has 0 unspecified atom stereocenters. The van der Waals surface area contributed by atoms with Crippen LogP contribution < -0.4 is 4.72 Å². The molecule has 0 radical (unpaired) electrons. The van der Waals surface area contributed by atoms with Crippen molar-refractivity contribution >= 4 is 48.9 Å². The molecule has 0 saturated carbocycles. The number of aromatic carboxylic acids is 1. The summed E-state index contributed by atoms with van der Waals surface area (Å²) in [6, 6.07) is 1.15. The number of nitrogens with one attached hydrogen (secondary N) is 1. The number of carbonyl (C=O) groups is 1. The molecule has 0 saturated heterocycles. The van der Waals surface area contributed by atoms with E-state index in [2.05, 4.69) is 25.8 Å². The summed E-state index contributed by atoms with van der Waals surface area (Å²) in [6.45, 7) is -1.62. The van der Waals surface area contributed by atoms with Gasteiger partial charge in [0.05, 0.1) is 17.6 Å². The molecule has 0 spiro atoms. The van der Waals surface area contributed by atoms with Crippen molar-refractivity contribution in [1.82, 2.24) is 9.78 Å². The number of hydrogen-bond donors (Lipinski definition) is 2. The fraction of sp³-hybridized carbons (Fsp3) is 0.200. The number of thiophene rings is 1. The average molecular weight is 416 g/mol. The molecule has 2 N–H and O–H groups in total. The predicted molar refractivity (Wildman–Crippen MR) is 78.0 cm³/mol. The zero-order chi connectivity index (χ0) is 16.7. The van der Waals surface area contributed by atoms with Crippen LogP contribution in [0.1, 0.15) is 21.9 Å². The number of carboxylic acid groups (broad SMARTS) is 1. The highest BCUT2D eigenvalue weighted by atomic mass is 79.9. The van der Waals surface area contributed by atoms with Gasteiger partial charge in [0.1, 0.15) is 4.88 Å². The Bertz CT molecular complexity index is 831. The van der Waals surface area contributed by atoms with Crippen molar-refractivity contribution < 1.29 is 27.1 Å². The Morgan fingerprint density at radius 3 is 2.64 bits per heavy atom. The normalized spacial score (nSPS) is 11.9. The lowest BCUT2D eigenvalue weighted by Crippen LogP contribution is -2.13. The molecule has 0 aliphatic carbocycles. The Hall–Kier alpha value is -1.53. The first-order valence-corrected chi connectivity index (χ1v) is 8.60. The van der Waals surface area contributed by atoms with Gasteiger partial charge in [0, 0.05) is 4.47 Å². The van der Waals surface area contributed by atoms with E-state index in [1.807, 2.05) is 0 Å². The van der Waals surface area contributed by atoms with E-state index in [0.717, 1.165) is 12.3 Å². The van der Waals surface area contributed by atoms with Crippen molar-refractivity contribution in [3.63, 3.8) is 0 Å². The van der Waals surface area contributed by atoms with Gasteiger partial charge in [-0.3, -0.25) is 4.72 Å². The molecule has 2 heterocycles. The third-order valence-corrected chi connectivity index (χ3v) is 6.76. The number of anilines is 1. The third-order valence-electron chi connectivity index (χ3n) is 2.58. The zero-order valence-corrected chi connectivity index (χ0v) is 14.0. The van der Waals surface area contributed by atoms with Gasteiger partial charge in [-0.1, -0.05) is 0 Å². The van der Waals surface area contributed by atoms with Gasteiger partial charge in [-0.15, -0.1) is 11.3 Å². The number of halogens is 3. The van der Waals surface area contributed by atoms with Crippen LogP contribution in [0.15, 0.2) is 20.9 Å². The monoisotopic (exact) mass is 415 g/mol. The van der Waals surface area contributed by atoms with E-state index < -0.39 is 22.5 Å². The quantitative estimate of drug-likeness (QED) is 0.781. The van der Waals surface area contributed by atoms with Gasteiger partial charge in [0.25, 0.3) is 10.0 Å². The zero-order valence-electron chi connectivity index (χ0n) is 10.7. The Balaban J connectivity index is 2.38. The molecule has 0 aliphatic heterocycles. The third kappa shape index (κ3) is 3.13. The molecule has 0 bridgehead atoms. The Morgan fingerprint density at radius 1 is 1.55 bits per heavy atom. The fourth-order valence-corrected chi connectivity index (χ4v) is 5.17. The molecule has 120 valence electrons. The number of rotatable bonds is 5. The maximum absolute atomic E-state index is 12.6. The van der Waals surface area contributed by atoms with Crippen LogP contribution in [0, 0.1) is 6.92 Å². The summed E-state index contributed by atoms with van der Waals surface area (Å²) in [4.78, 5) is 10.7. The van der Waals surface area contributed by atoms with Crippen LogP contribution >= 0.6 is 27.3 Å². The minimum Gasteiger partial charge on any atom is -0.477 e. The molecule has 0 fully saturated rings. The van der Waals surface area contributed by atoms with Crippen LogP contribution in [-0.4, -0.2) is 29.3 Å². The topological polar surface area (TPSA) is 101 Å². The highest BCUT2D eigenvalue weighted by Crippen LogP contribution is 2.33. The van der Waals surface area contributed by atoms with Crippen LogP contribution in [0.2, 0.25) is 0 Å². The van der Waals surface area contributed by atoms with Crippen molar-refractivity contribution in [3.8, 4) is 0 Å². The van der Waals surface area contributed by atoms with Gasteiger partial charge in [-0.25, -0.2) is 17.9 Å². The first-order valence-electron chi connectivity index (χ1n) is 5.51. The summed E-state index contributed by atoms with van der Waals surface area (Å²) in [6.07, 6.45) is 0.957. The van der Waals surface area contributed by atoms with E-state index in [1.54, 1.807) is 0 Å². The lowest BCUT2D eigenvalue weighted by atomic mass is 10.4. The molecule has 0 aromatic carbocycles. The number of carboxylic acids is 1. The number of nitrogens with zero attached hydrogens (tertiary/aromatic N) is 2. The number of hydrogen-bond acceptors (Lipinski definition) is 5. The molecular weight excluding hydrogens is 408 g/mol. The summed E-state index contributed by atoms with van der Waals surface area (Å²) < 4.78 is 52.0. The lowest BCUT2D eigenvalue weighted by Gasteiger charge is -2.07. The summed E-state index contributed by atoms with van der Waals surface area (Å²) in [7, 11) is -4.13. The summed E-state index contributed by atoms with van der Waals surface area (Å²) in [5.74, 6) is -1.27. The smallest absolute Gasteiger partial charge is 0.345 e. The molecule has 0 aliphatic rings. The first-order chi connectivity index (χ1) is 10.1. The van der Waals surface area contributed by atoms with Gasteiger partial charge < -0.3 is 5.11 Å². The Morgan fingerprint density at radius 2 is 2.18 bits per heavy atom.